The van der Waals surface area contributed by atoms with Gasteiger partial charge in [-0.25, -0.2) is 12.7 Å². The molecule has 0 radical (unpaired) electrons. The lowest BCUT2D eigenvalue weighted by molar-refractivity contribution is -0.130. The predicted molar refractivity (Wildman–Crippen MR) is 91.5 cm³/mol. The first kappa shape index (κ1) is 18.6. The Morgan fingerprint density at radius 2 is 2.12 bits per heavy atom. The highest BCUT2D eigenvalue weighted by Crippen LogP contribution is 2.28. The molecular formula is C14H19N3O5S2. The number of anilines is 1. The molecule has 1 aliphatic heterocycles. The fraction of sp³-hybridized carbons (Fsp3) is 0.429. The van der Waals surface area contributed by atoms with Crippen LogP contribution in [0, 0.1) is 0 Å². The summed E-state index contributed by atoms with van der Waals surface area (Å²) in [5.41, 5.74) is 0.320. The second-order valence-corrected chi connectivity index (χ2v) is 8.35. The number of methoxy groups -OCH3 is 1. The maximum atomic E-state index is 12.3. The lowest BCUT2D eigenvalue weighted by atomic mass is 10.3. The molecule has 2 rings (SSSR count). The van der Waals surface area contributed by atoms with Crippen LogP contribution in [-0.2, 0) is 19.6 Å². The van der Waals surface area contributed by atoms with Gasteiger partial charge in [-0.05, 0) is 18.2 Å². The number of carbonyl (C=O) groups excluding carboxylic acids is 2. The standard InChI is InChI=1S/C14H19N3O5S2/c1-16(2)24(20,21)12-6-10(4-5-11(12)22-3)15-13(18)7-17-9-23-8-14(17)19/h4-6H,7-9H2,1-3H3,(H,15,18). The number of hydrogen-bond acceptors (Lipinski definition) is 6. The first-order valence-corrected chi connectivity index (χ1v) is 9.61. The minimum Gasteiger partial charge on any atom is -0.495 e. The van der Waals surface area contributed by atoms with Crippen LogP contribution < -0.4 is 10.1 Å². The molecule has 0 unspecified atom stereocenters. The Morgan fingerprint density at radius 1 is 1.42 bits per heavy atom. The Labute approximate surface area is 145 Å². The van der Waals surface area contributed by atoms with Crippen LogP contribution >= 0.6 is 11.8 Å². The summed E-state index contributed by atoms with van der Waals surface area (Å²) in [6, 6.07) is 4.36. The molecule has 1 saturated heterocycles. The number of nitrogens with zero attached hydrogens (tertiary/aromatic N) is 2. The first-order chi connectivity index (χ1) is 11.3. The van der Waals surface area contributed by atoms with E-state index in [1.165, 1.54) is 50.0 Å². The van der Waals surface area contributed by atoms with Gasteiger partial charge in [-0.3, -0.25) is 9.59 Å². The van der Waals surface area contributed by atoms with Gasteiger partial charge in [0.2, 0.25) is 21.8 Å². The smallest absolute Gasteiger partial charge is 0.246 e. The summed E-state index contributed by atoms with van der Waals surface area (Å²) in [6.07, 6.45) is 0. The number of rotatable bonds is 6. The molecule has 0 aromatic heterocycles. The summed E-state index contributed by atoms with van der Waals surface area (Å²) in [7, 11) is 0.481. The summed E-state index contributed by atoms with van der Waals surface area (Å²) in [6.45, 7) is -0.0619. The molecule has 8 nitrogen and oxygen atoms in total. The van der Waals surface area contributed by atoms with Crippen molar-refractivity contribution in [2.45, 2.75) is 4.90 Å². The molecule has 10 heteroatoms. The third-order valence-corrected chi connectivity index (χ3v) is 6.15. The molecule has 0 aliphatic carbocycles. The van der Waals surface area contributed by atoms with Crippen molar-refractivity contribution in [3.8, 4) is 5.75 Å². The van der Waals surface area contributed by atoms with Crippen LogP contribution in [0.1, 0.15) is 0 Å². The third-order valence-electron chi connectivity index (χ3n) is 3.37. The van der Waals surface area contributed by atoms with Crippen molar-refractivity contribution in [1.82, 2.24) is 9.21 Å². The first-order valence-electron chi connectivity index (χ1n) is 7.01. The molecule has 24 heavy (non-hydrogen) atoms. The Morgan fingerprint density at radius 3 is 2.67 bits per heavy atom. The Kier molecular flexibility index (Phi) is 5.73. The van der Waals surface area contributed by atoms with E-state index in [9.17, 15) is 18.0 Å². The number of sulfonamides is 1. The molecule has 132 valence electrons. The SMILES string of the molecule is COc1ccc(NC(=O)CN2CSCC2=O)cc1S(=O)(=O)N(C)C. The zero-order chi connectivity index (χ0) is 17.9. The van der Waals surface area contributed by atoms with Gasteiger partial charge in [0.25, 0.3) is 0 Å². The molecular weight excluding hydrogens is 354 g/mol. The number of hydrogen-bond donors (Lipinski definition) is 1. The van der Waals surface area contributed by atoms with Crippen molar-refractivity contribution >= 4 is 39.3 Å². The minimum atomic E-state index is -3.72. The van der Waals surface area contributed by atoms with Crippen LogP contribution in [0.15, 0.2) is 23.1 Å². The number of amides is 2. The molecule has 0 atom stereocenters. The van der Waals surface area contributed by atoms with Crippen molar-refractivity contribution in [1.29, 1.82) is 0 Å². The van der Waals surface area contributed by atoms with Crippen LogP contribution in [0.4, 0.5) is 5.69 Å². The van der Waals surface area contributed by atoms with Crippen molar-refractivity contribution in [3.05, 3.63) is 18.2 Å². The number of ether oxygens (including phenoxy) is 1. The fourth-order valence-electron chi connectivity index (χ4n) is 2.07. The number of thioether (sulfide) groups is 1. The van der Waals surface area contributed by atoms with Crippen LogP contribution in [-0.4, -0.2) is 68.8 Å². The molecule has 1 aliphatic rings. The number of benzene rings is 1. The van der Waals surface area contributed by atoms with E-state index in [1.807, 2.05) is 0 Å². The molecule has 1 aromatic rings. The topological polar surface area (TPSA) is 96.0 Å². The van der Waals surface area contributed by atoms with Gasteiger partial charge in [-0.2, -0.15) is 0 Å². The van der Waals surface area contributed by atoms with Gasteiger partial charge in [-0.1, -0.05) is 0 Å². The Hall–Kier alpha value is -1.78. The lowest BCUT2D eigenvalue weighted by Gasteiger charge is -2.17. The van der Waals surface area contributed by atoms with E-state index in [1.54, 1.807) is 6.07 Å². The van der Waals surface area contributed by atoms with Crippen LogP contribution in [0.3, 0.4) is 0 Å². The second-order valence-electron chi connectivity index (χ2n) is 5.27. The maximum absolute atomic E-state index is 12.3. The highest BCUT2D eigenvalue weighted by Gasteiger charge is 2.25. The number of carbonyl (C=O) groups is 2. The summed E-state index contributed by atoms with van der Waals surface area (Å²) in [4.78, 5) is 25.0. The van der Waals surface area contributed by atoms with Gasteiger partial charge in [0.15, 0.2) is 0 Å². The van der Waals surface area contributed by atoms with E-state index < -0.39 is 10.0 Å². The fourth-order valence-corrected chi connectivity index (χ4v) is 4.05. The monoisotopic (exact) mass is 373 g/mol. The van der Waals surface area contributed by atoms with Gasteiger partial charge in [0, 0.05) is 19.8 Å². The molecule has 2 amide bonds. The van der Waals surface area contributed by atoms with E-state index in [-0.39, 0.29) is 29.0 Å². The predicted octanol–water partition coefficient (Wildman–Crippen LogP) is 0.417. The Balaban J connectivity index is 2.19. The highest BCUT2D eigenvalue weighted by atomic mass is 32.2. The van der Waals surface area contributed by atoms with Gasteiger partial charge < -0.3 is 15.0 Å². The Bertz CT molecular complexity index is 749. The van der Waals surface area contributed by atoms with Crippen LogP contribution in [0.5, 0.6) is 5.75 Å². The normalized spacial score (nSPS) is 15.0. The van der Waals surface area contributed by atoms with Gasteiger partial charge in [0.1, 0.15) is 17.2 Å². The van der Waals surface area contributed by atoms with Crippen molar-refractivity contribution < 1.29 is 22.7 Å². The molecule has 1 N–H and O–H groups in total. The van der Waals surface area contributed by atoms with Gasteiger partial charge >= 0.3 is 0 Å². The quantitative estimate of drug-likeness (QED) is 0.776. The summed E-state index contributed by atoms with van der Waals surface area (Å²) < 4.78 is 30.9. The van der Waals surface area contributed by atoms with Gasteiger partial charge in [-0.15, -0.1) is 11.8 Å². The minimum absolute atomic E-state index is 0.0411. The summed E-state index contributed by atoms with van der Waals surface area (Å²) >= 11 is 1.45. The van der Waals surface area contributed by atoms with E-state index in [2.05, 4.69) is 5.32 Å². The largest absolute Gasteiger partial charge is 0.495 e. The lowest BCUT2D eigenvalue weighted by Crippen LogP contribution is -2.34. The highest BCUT2D eigenvalue weighted by molar-refractivity contribution is 8.00. The van der Waals surface area contributed by atoms with Crippen LogP contribution in [0.25, 0.3) is 0 Å². The third kappa shape index (κ3) is 4.00. The summed E-state index contributed by atoms with van der Waals surface area (Å²) in [5, 5.41) is 2.61. The number of nitrogens with one attached hydrogen (secondary N) is 1. The average Bonchev–Trinajstić information content (AvgIpc) is 2.92. The van der Waals surface area contributed by atoms with E-state index >= 15 is 0 Å². The van der Waals surface area contributed by atoms with Crippen molar-refractivity contribution in [3.63, 3.8) is 0 Å². The van der Waals surface area contributed by atoms with E-state index in [0.717, 1.165) is 4.31 Å². The van der Waals surface area contributed by atoms with Gasteiger partial charge in [0.05, 0.1) is 18.7 Å². The van der Waals surface area contributed by atoms with Crippen molar-refractivity contribution in [2.75, 3.05) is 44.7 Å². The molecule has 0 saturated carbocycles. The van der Waals surface area contributed by atoms with Crippen molar-refractivity contribution in [2.24, 2.45) is 0 Å². The molecule has 0 bridgehead atoms. The zero-order valence-electron chi connectivity index (χ0n) is 13.6. The van der Waals surface area contributed by atoms with Crippen LogP contribution in [0.2, 0.25) is 0 Å². The average molecular weight is 373 g/mol. The molecule has 1 heterocycles. The second kappa shape index (κ2) is 7.41. The molecule has 0 spiro atoms. The maximum Gasteiger partial charge on any atom is 0.246 e. The molecule has 1 fully saturated rings. The van der Waals surface area contributed by atoms with E-state index in [0.29, 0.717) is 17.3 Å². The molecule has 1 aromatic carbocycles. The summed E-state index contributed by atoms with van der Waals surface area (Å²) in [5.74, 6) is 0.577. The van der Waals surface area contributed by atoms with E-state index in [4.69, 9.17) is 4.74 Å². The zero-order valence-corrected chi connectivity index (χ0v) is 15.2.